The molecule has 0 bridgehead atoms. The van der Waals surface area contributed by atoms with Gasteiger partial charge in [-0.1, -0.05) is 83.9 Å². The number of hydrogen-bond donors (Lipinski definition) is 1. The maximum atomic E-state index is 13.7. The summed E-state index contributed by atoms with van der Waals surface area (Å²) in [6.07, 6.45) is 0. The molecule has 1 N–H and O–H groups in total. The zero-order valence-corrected chi connectivity index (χ0v) is 17.1. The van der Waals surface area contributed by atoms with Crippen LogP contribution in [0, 0.1) is 5.82 Å². The van der Waals surface area contributed by atoms with E-state index >= 15 is 0 Å². The van der Waals surface area contributed by atoms with E-state index in [2.05, 4.69) is 5.09 Å². The van der Waals surface area contributed by atoms with E-state index in [0.29, 0.717) is 15.8 Å². The summed E-state index contributed by atoms with van der Waals surface area (Å²) in [7, 11) is -3.36. The van der Waals surface area contributed by atoms with Crippen molar-refractivity contribution in [1.29, 1.82) is 0 Å². The van der Waals surface area contributed by atoms with E-state index in [9.17, 15) is 8.96 Å². The molecule has 28 heavy (non-hydrogen) atoms. The fraction of sp³-hybridized carbons (Fsp3) is 0. The highest BCUT2D eigenvalue weighted by Gasteiger charge is 2.19. The molecule has 2 nitrogen and oxygen atoms in total. The number of halogens is 3. The Labute approximate surface area is 173 Å². The Kier molecular flexibility index (Phi) is 6.74. The van der Waals surface area contributed by atoms with Crippen LogP contribution in [0.3, 0.4) is 0 Å². The second-order valence-corrected chi connectivity index (χ2v) is 8.99. The lowest BCUT2D eigenvalue weighted by Gasteiger charge is -2.16. The van der Waals surface area contributed by atoms with Crippen molar-refractivity contribution in [2.75, 3.05) is 5.09 Å². The lowest BCUT2D eigenvalue weighted by atomic mass is 10.2. The molecule has 0 aliphatic heterocycles. The van der Waals surface area contributed by atoms with Crippen molar-refractivity contribution in [2.24, 2.45) is 0 Å². The molecular formula is C22H17Cl2FNOP. The minimum atomic E-state index is -3.36. The number of rotatable bonds is 6. The molecular weight excluding hydrogens is 415 g/mol. The van der Waals surface area contributed by atoms with Crippen molar-refractivity contribution >= 4 is 46.2 Å². The van der Waals surface area contributed by atoms with Crippen molar-refractivity contribution < 1.29 is 8.96 Å². The van der Waals surface area contributed by atoms with E-state index in [0.717, 1.165) is 11.1 Å². The Balaban J connectivity index is 2.02. The van der Waals surface area contributed by atoms with Gasteiger partial charge in [0.1, 0.15) is 5.82 Å². The molecule has 3 rings (SSSR count). The third kappa shape index (κ3) is 5.59. The molecule has 0 fully saturated rings. The summed E-state index contributed by atoms with van der Waals surface area (Å²) >= 11 is 12.9. The van der Waals surface area contributed by atoms with Gasteiger partial charge < -0.3 is 5.09 Å². The zero-order chi connectivity index (χ0) is 20.0. The van der Waals surface area contributed by atoms with Crippen molar-refractivity contribution in [3.63, 3.8) is 0 Å². The fourth-order valence-electron chi connectivity index (χ4n) is 2.51. The molecule has 0 aliphatic carbocycles. The third-order valence-electron chi connectivity index (χ3n) is 3.86. The monoisotopic (exact) mass is 431 g/mol. The molecule has 0 saturated heterocycles. The van der Waals surface area contributed by atoms with Crippen LogP contribution < -0.4 is 5.09 Å². The van der Waals surface area contributed by atoms with Crippen LogP contribution in [0.25, 0.3) is 10.1 Å². The van der Waals surface area contributed by atoms with Gasteiger partial charge >= 0.3 is 0 Å². The highest BCUT2D eigenvalue weighted by Crippen LogP contribution is 2.53. The summed E-state index contributed by atoms with van der Waals surface area (Å²) < 4.78 is 26.9. The lowest BCUT2D eigenvalue weighted by Crippen LogP contribution is -1.94. The van der Waals surface area contributed by atoms with Crippen LogP contribution in [0.1, 0.15) is 11.1 Å². The summed E-state index contributed by atoms with van der Waals surface area (Å²) in [6.45, 7) is 0. The fourth-order valence-corrected chi connectivity index (χ4v) is 5.36. The average molecular weight is 432 g/mol. The Morgan fingerprint density at radius 2 is 1.18 bits per heavy atom. The molecule has 0 spiro atoms. The van der Waals surface area contributed by atoms with Gasteiger partial charge in [-0.25, -0.2) is 4.39 Å². The minimum Gasteiger partial charge on any atom is -0.330 e. The van der Waals surface area contributed by atoms with E-state index in [-0.39, 0.29) is 5.82 Å². The van der Waals surface area contributed by atoms with E-state index in [1.165, 1.54) is 35.9 Å². The van der Waals surface area contributed by atoms with Crippen LogP contribution in [-0.4, -0.2) is 0 Å². The van der Waals surface area contributed by atoms with E-state index in [1.807, 2.05) is 60.7 Å². The number of anilines is 1. The predicted molar refractivity (Wildman–Crippen MR) is 118 cm³/mol. The number of nitrogens with one attached hydrogen (secondary N) is 1. The summed E-state index contributed by atoms with van der Waals surface area (Å²) in [6, 6.07) is 24.0. The average Bonchev–Trinajstić information content (AvgIpc) is 2.71. The molecule has 0 aromatic heterocycles. The van der Waals surface area contributed by atoms with Gasteiger partial charge in [0, 0.05) is 17.3 Å². The van der Waals surface area contributed by atoms with Crippen molar-refractivity contribution in [1.82, 2.24) is 0 Å². The van der Waals surface area contributed by atoms with Crippen LogP contribution in [0.5, 0.6) is 0 Å². The van der Waals surface area contributed by atoms with Crippen LogP contribution in [0.2, 0.25) is 0 Å². The maximum Gasteiger partial charge on any atom is 0.216 e. The van der Waals surface area contributed by atoms with Gasteiger partial charge in [-0.2, -0.15) is 0 Å². The largest absolute Gasteiger partial charge is 0.330 e. The summed E-state index contributed by atoms with van der Waals surface area (Å²) in [5, 5.41) is 3.60. The first-order valence-corrected chi connectivity index (χ1v) is 11.1. The van der Waals surface area contributed by atoms with Gasteiger partial charge in [0.15, 0.2) is 0 Å². The highest BCUT2D eigenvalue weighted by atomic mass is 35.5. The van der Waals surface area contributed by atoms with E-state index in [1.54, 1.807) is 0 Å². The van der Waals surface area contributed by atoms with Crippen molar-refractivity contribution in [3.8, 4) is 0 Å². The first kappa shape index (κ1) is 20.4. The Bertz CT molecular complexity index is 976. The zero-order valence-electron chi connectivity index (χ0n) is 14.7. The van der Waals surface area contributed by atoms with E-state index in [4.69, 9.17) is 23.2 Å². The second kappa shape index (κ2) is 9.25. The molecule has 0 radical (unpaired) electrons. The number of benzene rings is 3. The highest BCUT2D eigenvalue weighted by molar-refractivity contribution is 7.72. The molecule has 0 saturated carbocycles. The Morgan fingerprint density at radius 3 is 1.61 bits per heavy atom. The predicted octanol–water partition coefficient (Wildman–Crippen LogP) is 7.99. The standard InChI is InChI=1S/C22H17Cl2FNOP/c23-21(17-7-3-1-4-8-17)15-28(27,26-20-13-11-19(25)12-14-20)16-22(24)18-9-5-2-6-10-18/h1-16H,(H,26,27)/b21-15-,22-16+. The Morgan fingerprint density at radius 1 is 0.750 bits per heavy atom. The van der Waals surface area contributed by atoms with Crippen LogP contribution in [-0.2, 0) is 4.57 Å². The topological polar surface area (TPSA) is 29.1 Å². The van der Waals surface area contributed by atoms with Crippen LogP contribution >= 0.6 is 30.5 Å². The molecule has 0 amide bonds. The van der Waals surface area contributed by atoms with E-state index < -0.39 is 7.29 Å². The molecule has 1 atom stereocenters. The first-order chi connectivity index (χ1) is 13.5. The Hall–Kier alpha value is -2.32. The van der Waals surface area contributed by atoms with Gasteiger partial charge in [0.2, 0.25) is 7.29 Å². The van der Waals surface area contributed by atoms with Gasteiger partial charge in [-0.05, 0) is 35.4 Å². The van der Waals surface area contributed by atoms with Crippen LogP contribution in [0.4, 0.5) is 10.1 Å². The first-order valence-electron chi connectivity index (χ1n) is 8.46. The molecule has 0 heterocycles. The molecule has 3 aromatic rings. The lowest BCUT2D eigenvalue weighted by molar-refractivity contribution is 0.589. The van der Waals surface area contributed by atoms with Gasteiger partial charge in [0.05, 0.1) is 10.1 Å². The smallest absolute Gasteiger partial charge is 0.216 e. The van der Waals surface area contributed by atoms with Gasteiger partial charge in [-0.3, -0.25) is 4.57 Å². The maximum absolute atomic E-state index is 13.7. The van der Waals surface area contributed by atoms with Crippen LogP contribution in [0.15, 0.2) is 96.6 Å². The summed E-state index contributed by atoms with van der Waals surface area (Å²) in [5.41, 5.74) is 1.95. The normalized spacial score (nSPS) is 14.4. The summed E-state index contributed by atoms with van der Waals surface area (Å²) in [5.74, 6) is 2.54. The number of hydrogen-bond acceptors (Lipinski definition) is 1. The second-order valence-electron chi connectivity index (χ2n) is 6.01. The van der Waals surface area contributed by atoms with Crippen molar-refractivity contribution in [2.45, 2.75) is 0 Å². The summed E-state index contributed by atoms with van der Waals surface area (Å²) in [4.78, 5) is 0. The quantitative estimate of drug-likeness (QED) is 0.400. The van der Waals surface area contributed by atoms with Gasteiger partial charge in [0.25, 0.3) is 0 Å². The van der Waals surface area contributed by atoms with Gasteiger partial charge in [-0.15, -0.1) is 0 Å². The molecule has 3 aromatic carbocycles. The minimum absolute atomic E-state index is 0.326. The SMILES string of the molecule is O=P(/C=C(\Cl)c1ccccc1)(/C=C(/Cl)c1ccccc1)Nc1ccc(F)cc1. The molecule has 142 valence electrons. The van der Waals surface area contributed by atoms with Crippen molar-refractivity contribution in [3.05, 3.63) is 114 Å². The third-order valence-corrected chi connectivity index (χ3v) is 6.71. The molecule has 6 heteroatoms. The molecule has 0 aliphatic rings. The molecule has 1 unspecified atom stereocenters.